The lowest BCUT2D eigenvalue weighted by Gasteiger charge is -2.46. The van der Waals surface area contributed by atoms with E-state index in [0.29, 0.717) is 17.8 Å². The Bertz CT molecular complexity index is 815. The van der Waals surface area contributed by atoms with Crippen molar-refractivity contribution < 1.29 is 9.53 Å². The Morgan fingerprint density at radius 3 is 2.42 bits per heavy atom. The fourth-order valence-electron chi connectivity index (χ4n) is 6.11. The molecule has 0 radical (unpaired) electrons. The van der Waals surface area contributed by atoms with Gasteiger partial charge in [-0.25, -0.2) is 4.79 Å². The summed E-state index contributed by atoms with van der Waals surface area (Å²) in [5.41, 5.74) is 0.296. The van der Waals surface area contributed by atoms with Crippen LogP contribution in [0.3, 0.4) is 0 Å². The van der Waals surface area contributed by atoms with E-state index in [9.17, 15) is 4.79 Å². The lowest BCUT2D eigenvalue weighted by Crippen LogP contribution is -2.57. The van der Waals surface area contributed by atoms with Gasteiger partial charge in [0.2, 0.25) is 0 Å². The van der Waals surface area contributed by atoms with Crippen LogP contribution in [0.25, 0.3) is 0 Å². The molecule has 1 heterocycles. The number of rotatable bonds is 9. The predicted molar refractivity (Wildman–Crippen MR) is 138 cm³/mol. The van der Waals surface area contributed by atoms with Gasteiger partial charge in [-0.15, -0.1) is 0 Å². The number of nitrogens with zero attached hydrogens (tertiary/aromatic N) is 2. The molecule has 1 saturated carbocycles. The monoisotopic (exact) mass is 475 g/mol. The van der Waals surface area contributed by atoms with Gasteiger partial charge in [-0.2, -0.15) is 0 Å². The summed E-state index contributed by atoms with van der Waals surface area (Å²) in [5, 5.41) is 4.48. The van der Waals surface area contributed by atoms with E-state index in [1.54, 1.807) is 0 Å². The van der Waals surface area contributed by atoms with Crippen molar-refractivity contribution in [3.63, 3.8) is 0 Å². The Labute approximate surface area is 205 Å². The predicted octanol–water partition coefficient (Wildman–Crippen LogP) is 6.42. The standard InChI is InChI=1S/C27H42ClN3O2/c1-7-16-31-18-29-27(17-19(2)3,25(32)33-6)24(31)20-8-10-21(11-9-20)26(4,5)30-23-14-12-22(28)13-15-23/h12-15,18-21,24,30H,7-11,16-17H2,1-6H3. The molecule has 2 unspecified atom stereocenters. The van der Waals surface area contributed by atoms with Gasteiger partial charge in [-0.05, 0) is 94.4 Å². The second-order valence-corrected chi connectivity index (χ2v) is 11.3. The number of methoxy groups -OCH3 is 1. The van der Waals surface area contributed by atoms with Crippen LogP contribution < -0.4 is 5.32 Å². The van der Waals surface area contributed by atoms with Crippen LogP contribution in [0, 0.1) is 17.8 Å². The molecular weight excluding hydrogens is 434 g/mol. The average molecular weight is 476 g/mol. The third-order valence-corrected chi connectivity index (χ3v) is 7.82. The van der Waals surface area contributed by atoms with E-state index in [-0.39, 0.29) is 17.6 Å². The third-order valence-electron chi connectivity index (χ3n) is 7.57. The lowest BCUT2D eigenvalue weighted by atomic mass is 9.67. The molecular formula is C27H42ClN3O2. The highest BCUT2D eigenvalue weighted by Crippen LogP contribution is 2.45. The van der Waals surface area contributed by atoms with E-state index < -0.39 is 5.54 Å². The largest absolute Gasteiger partial charge is 0.467 e. The summed E-state index contributed by atoms with van der Waals surface area (Å²) in [6, 6.07) is 8.04. The molecule has 0 spiro atoms. The highest BCUT2D eigenvalue weighted by molar-refractivity contribution is 6.30. The number of benzene rings is 1. The van der Waals surface area contributed by atoms with Crippen molar-refractivity contribution in [2.24, 2.45) is 22.7 Å². The first-order chi connectivity index (χ1) is 15.6. The normalized spacial score (nSPS) is 27.8. The summed E-state index contributed by atoms with van der Waals surface area (Å²) in [4.78, 5) is 20.3. The second kappa shape index (κ2) is 10.7. The topological polar surface area (TPSA) is 53.9 Å². The van der Waals surface area contributed by atoms with Gasteiger partial charge in [0.05, 0.1) is 19.5 Å². The Morgan fingerprint density at radius 1 is 1.24 bits per heavy atom. The van der Waals surface area contributed by atoms with Gasteiger partial charge in [0.1, 0.15) is 0 Å². The average Bonchev–Trinajstić information content (AvgIpc) is 3.13. The number of hydrogen-bond donors (Lipinski definition) is 1. The number of ether oxygens (including phenoxy) is 1. The zero-order valence-electron chi connectivity index (χ0n) is 21.2. The van der Waals surface area contributed by atoms with Crippen LogP contribution in [0.5, 0.6) is 0 Å². The SMILES string of the molecule is CCCN1C=NC(CC(C)C)(C(=O)OC)C1C1CCC(C(C)(C)Nc2ccc(Cl)cc2)CC1. The zero-order valence-corrected chi connectivity index (χ0v) is 22.0. The molecule has 5 nitrogen and oxygen atoms in total. The van der Waals surface area contributed by atoms with E-state index in [1.807, 2.05) is 30.6 Å². The molecule has 0 aromatic heterocycles. The molecule has 184 valence electrons. The van der Waals surface area contributed by atoms with Crippen molar-refractivity contribution in [2.45, 2.75) is 90.3 Å². The smallest absolute Gasteiger partial charge is 0.335 e. The first kappa shape index (κ1) is 25.9. The minimum absolute atomic E-state index is 0.0224. The molecule has 1 fully saturated rings. The molecule has 2 aliphatic rings. The summed E-state index contributed by atoms with van der Waals surface area (Å²) in [5.74, 6) is 1.18. The quantitative estimate of drug-likeness (QED) is 0.419. The van der Waals surface area contributed by atoms with Crippen LogP contribution in [0.2, 0.25) is 5.02 Å². The molecule has 0 amide bonds. The number of halogens is 1. The molecule has 1 aliphatic heterocycles. The minimum atomic E-state index is -0.785. The molecule has 1 aliphatic carbocycles. The lowest BCUT2D eigenvalue weighted by molar-refractivity contribution is -0.150. The molecule has 1 aromatic rings. The molecule has 1 aromatic carbocycles. The van der Waals surface area contributed by atoms with Crippen molar-refractivity contribution >= 4 is 29.6 Å². The first-order valence-electron chi connectivity index (χ1n) is 12.6. The molecule has 1 N–H and O–H groups in total. The van der Waals surface area contributed by atoms with Crippen LogP contribution in [-0.4, -0.2) is 48.0 Å². The summed E-state index contributed by atoms with van der Waals surface area (Å²) in [6.07, 6.45) is 8.16. The van der Waals surface area contributed by atoms with Crippen molar-refractivity contribution in [1.82, 2.24) is 4.90 Å². The highest BCUT2D eigenvalue weighted by atomic mass is 35.5. The Hall–Kier alpha value is -1.75. The number of aliphatic imine (C=N–C) groups is 1. The number of nitrogens with one attached hydrogen (secondary N) is 1. The fraction of sp³-hybridized carbons (Fsp3) is 0.704. The highest BCUT2D eigenvalue weighted by Gasteiger charge is 2.55. The van der Waals surface area contributed by atoms with E-state index in [1.165, 1.54) is 7.11 Å². The first-order valence-corrected chi connectivity index (χ1v) is 12.9. The molecule has 6 heteroatoms. The third kappa shape index (κ3) is 5.67. The van der Waals surface area contributed by atoms with Gasteiger partial charge in [-0.1, -0.05) is 32.4 Å². The van der Waals surface area contributed by atoms with E-state index >= 15 is 0 Å². The van der Waals surface area contributed by atoms with Gasteiger partial charge < -0.3 is 15.0 Å². The summed E-state index contributed by atoms with van der Waals surface area (Å²) < 4.78 is 5.34. The number of esters is 1. The van der Waals surface area contributed by atoms with Crippen molar-refractivity contribution in [3.8, 4) is 0 Å². The Kier molecular flexibility index (Phi) is 8.36. The maximum absolute atomic E-state index is 13.1. The fourth-order valence-corrected chi connectivity index (χ4v) is 6.23. The number of hydrogen-bond acceptors (Lipinski definition) is 5. The van der Waals surface area contributed by atoms with Crippen molar-refractivity contribution in [1.29, 1.82) is 0 Å². The van der Waals surface area contributed by atoms with Gasteiger partial charge in [0, 0.05) is 22.8 Å². The maximum Gasteiger partial charge on any atom is 0.335 e. The van der Waals surface area contributed by atoms with Crippen molar-refractivity contribution in [3.05, 3.63) is 29.3 Å². The molecule has 0 bridgehead atoms. The molecule has 0 saturated heterocycles. The van der Waals surface area contributed by atoms with Crippen LogP contribution in [-0.2, 0) is 9.53 Å². The summed E-state index contributed by atoms with van der Waals surface area (Å²) in [7, 11) is 1.50. The van der Waals surface area contributed by atoms with Crippen LogP contribution in [0.1, 0.15) is 73.1 Å². The van der Waals surface area contributed by atoms with Gasteiger partial charge in [-0.3, -0.25) is 4.99 Å². The number of carbonyl (C=O) groups is 1. The summed E-state index contributed by atoms with van der Waals surface area (Å²) in [6.45, 7) is 12.0. The zero-order chi connectivity index (χ0) is 24.2. The molecule has 3 rings (SSSR count). The molecule has 33 heavy (non-hydrogen) atoms. The van der Waals surface area contributed by atoms with Gasteiger partial charge in [0.15, 0.2) is 5.54 Å². The van der Waals surface area contributed by atoms with Crippen molar-refractivity contribution in [2.75, 3.05) is 19.0 Å². The number of anilines is 1. The van der Waals surface area contributed by atoms with Gasteiger partial charge >= 0.3 is 5.97 Å². The van der Waals surface area contributed by atoms with Crippen LogP contribution >= 0.6 is 11.6 Å². The van der Waals surface area contributed by atoms with E-state index in [0.717, 1.165) is 55.8 Å². The Morgan fingerprint density at radius 2 is 1.88 bits per heavy atom. The number of carbonyl (C=O) groups excluding carboxylic acids is 1. The van der Waals surface area contributed by atoms with E-state index in [4.69, 9.17) is 21.3 Å². The second-order valence-electron chi connectivity index (χ2n) is 10.9. The van der Waals surface area contributed by atoms with E-state index in [2.05, 4.69) is 44.8 Å². The summed E-state index contributed by atoms with van der Waals surface area (Å²) >= 11 is 6.06. The van der Waals surface area contributed by atoms with Crippen LogP contribution in [0.15, 0.2) is 29.3 Å². The van der Waals surface area contributed by atoms with Gasteiger partial charge in [0.25, 0.3) is 0 Å². The molecule has 2 atom stereocenters. The maximum atomic E-state index is 13.1. The minimum Gasteiger partial charge on any atom is -0.467 e. The Balaban J connectivity index is 1.75. The van der Waals surface area contributed by atoms with Crippen LogP contribution in [0.4, 0.5) is 5.69 Å².